The van der Waals surface area contributed by atoms with Gasteiger partial charge in [0.1, 0.15) is 0 Å². The Hall–Kier alpha value is -1.95. The van der Waals surface area contributed by atoms with Crippen molar-refractivity contribution in [2.45, 2.75) is 77.6 Å². The first-order valence-corrected chi connectivity index (χ1v) is 10.9. The summed E-state index contributed by atoms with van der Waals surface area (Å²) in [7, 11) is 1.30. The summed E-state index contributed by atoms with van der Waals surface area (Å²) in [5, 5.41) is 5.59. The number of alkyl carbamates (subject to hydrolysis) is 1. The highest BCUT2D eigenvalue weighted by Crippen LogP contribution is 2.24. The van der Waals surface area contributed by atoms with Crippen molar-refractivity contribution in [1.29, 1.82) is 0 Å². The molecule has 0 atom stereocenters. The summed E-state index contributed by atoms with van der Waals surface area (Å²) in [6.45, 7) is 2.26. The highest BCUT2D eigenvalue weighted by molar-refractivity contribution is 7.80. The number of unbranched alkanes of at least 4 members (excludes halogenated alkanes) is 10. The third-order valence-electron chi connectivity index (χ3n) is 4.47. The molecule has 0 bridgehead atoms. The van der Waals surface area contributed by atoms with Crippen LogP contribution in [0.1, 0.15) is 77.6 Å². The van der Waals surface area contributed by atoms with Gasteiger partial charge >= 0.3 is 6.09 Å². The maximum atomic E-state index is 11.2. The van der Waals surface area contributed by atoms with Crippen LogP contribution in [-0.2, 0) is 4.74 Å². The number of para-hydroxylation sites is 2. The van der Waals surface area contributed by atoms with Crippen LogP contribution in [0.3, 0.4) is 0 Å². The van der Waals surface area contributed by atoms with Crippen LogP contribution in [0.15, 0.2) is 29.3 Å². The first-order valence-electron chi connectivity index (χ1n) is 10.4. The van der Waals surface area contributed by atoms with Crippen molar-refractivity contribution in [2.24, 2.45) is 4.99 Å². The number of hydrogen-bond donors (Lipinski definition) is 2. The lowest BCUT2D eigenvalue weighted by Gasteiger charge is -2.10. The molecule has 28 heavy (non-hydrogen) atoms. The number of nitrogens with one attached hydrogen (secondary N) is 2. The number of ether oxygens (including phenoxy) is 1. The highest BCUT2D eigenvalue weighted by atomic mass is 32.1. The van der Waals surface area contributed by atoms with Gasteiger partial charge in [0.15, 0.2) is 5.11 Å². The molecule has 0 heterocycles. The number of anilines is 1. The van der Waals surface area contributed by atoms with Crippen molar-refractivity contribution in [1.82, 2.24) is 5.32 Å². The fourth-order valence-corrected chi connectivity index (χ4v) is 3.07. The molecule has 1 aromatic carbocycles. The van der Waals surface area contributed by atoms with Crippen molar-refractivity contribution in [3.8, 4) is 0 Å². The van der Waals surface area contributed by atoms with Crippen molar-refractivity contribution in [3.63, 3.8) is 0 Å². The predicted octanol–water partition coefficient (Wildman–Crippen LogP) is 6.75. The van der Waals surface area contributed by atoms with Crippen LogP contribution < -0.4 is 10.6 Å². The summed E-state index contributed by atoms with van der Waals surface area (Å²) in [4.78, 5) is 15.7. The molecule has 5 nitrogen and oxygen atoms in total. The van der Waals surface area contributed by atoms with Crippen molar-refractivity contribution >= 4 is 41.0 Å². The number of nitrogens with zero attached hydrogens (tertiary/aromatic N) is 1. The second-order valence-corrected chi connectivity index (χ2v) is 7.28. The summed E-state index contributed by atoms with van der Waals surface area (Å²) in [5.41, 5.74) is 1.55. The zero-order valence-electron chi connectivity index (χ0n) is 17.3. The molecular weight excluding hydrogens is 370 g/mol. The van der Waals surface area contributed by atoms with E-state index in [9.17, 15) is 4.79 Å². The molecular formula is C22H35N3O2S. The zero-order chi connectivity index (χ0) is 20.5. The van der Waals surface area contributed by atoms with Gasteiger partial charge in [-0.15, -0.1) is 0 Å². The van der Waals surface area contributed by atoms with Gasteiger partial charge in [-0.2, -0.15) is 0 Å². The third-order valence-corrected chi connectivity index (χ3v) is 4.67. The second-order valence-electron chi connectivity index (χ2n) is 6.87. The molecule has 0 unspecified atom stereocenters. The Bertz CT molecular complexity index is 605. The van der Waals surface area contributed by atoms with Gasteiger partial charge in [0, 0.05) is 6.21 Å². The highest BCUT2D eigenvalue weighted by Gasteiger charge is 2.06. The lowest BCUT2D eigenvalue weighted by atomic mass is 10.1. The fraction of sp³-hybridized carbons (Fsp3) is 0.591. The number of rotatable bonds is 13. The summed E-state index contributed by atoms with van der Waals surface area (Å²) < 4.78 is 4.53. The molecule has 0 aliphatic carbocycles. The van der Waals surface area contributed by atoms with Crippen LogP contribution in [-0.4, -0.2) is 24.5 Å². The van der Waals surface area contributed by atoms with Crippen molar-refractivity contribution < 1.29 is 9.53 Å². The normalized spacial score (nSPS) is 10.8. The van der Waals surface area contributed by atoms with Crippen LogP contribution >= 0.6 is 12.2 Å². The van der Waals surface area contributed by atoms with Crippen LogP contribution in [0, 0.1) is 0 Å². The van der Waals surface area contributed by atoms with Gasteiger partial charge in [-0.05, 0) is 37.2 Å². The Balaban J connectivity index is 2.22. The van der Waals surface area contributed by atoms with E-state index < -0.39 is 6.09 Å². The summed E-state index contributed by atoms with van der Waals surface area (Å²) in [6.07, 6.45) is 15.7. The number of methoxy groups -OCH3 is 1. The smallest absolute Gasteiger partial charge is 0.413 e. The van der Waals surface area contributed by atoms with Crippen LogP contribution in [0.25, 0.3) is 0 Å². The van der Waals surface area contributed by atoms with Crippen LogP contribution in [0.4, 0.5) is 16.2 Å². The number of hydrogen-bond acceptors (Lipinski definition) is 4. The molecule has 156 valence electrons. The monoisotopic (exact) mass is 405 g/mol. The lowest BCUT2D eigenvalue weighted by Crippen LogP contribution is -2.33. The number of thiocarbonyl (C=S) groups is 1. The van der Waals surface area contributed by atoms with Gasteiger partial charge in [-0.3, -0.25) is 10.3 Å². The molecule has 1 rings (SSSR count). The van der Waals surface area contributed by atoms with E-state index in [0.29, 0.717) is 0 Å². The van der Waals surface area contributed by atoms with E-state index in [-0.39, 0.29) is 5.11 Å². The van der Waals surface area contributed by atoms with Gasteiger partial charge in [0.2, 0.25) is 0 Å². The molecule has 2 N–H and O–H groups in total. The van der Waals surface area contributed by atoms with Crippen molar-refractivity contribution in [2.75, 3.05) is 12.4 Å². The predicted molar refractivity (Wildman–Crippen MR) is 123 cm³/mol. The SMILES string of the molecule is CCCCCCCCCCCC/C=N/c1ccccc1NC(=S)NC(=O)OC. The van der Waals surface area contributed by atoms with E-state index >= 15 is 0 Å². The molecule has 1 aromatic rings. The summed E-state index contributed by atoms with van der Waals surface area (Å²) in [5.74, 6) is 0. The zero-order valence-corrected chi connectivity index (χ0v) is 18.2. The summed E-state index contributed by atoms with van der Waals surface area (Å²) >= 11 is 5.10. The Labute approximate surface area is 175 Å². The molecule has 0 aliphatic rings. The minimum Gasteiger partial charge on any atom is -0.453 e. The quantitative estimate of drug-likeness (QED) is 0.216. The first kappa shape index (κ1) is 24.1. The molecule has 6 heteroatoms. The molecule has 0 saturated heterocycles. The molecule has 0 saturated carbocycles. The van der Waals surface area contributed by atoms with E-state index in [2.05, 4.69) is 27.3 Å². The van der Waals surface area contributed by atoms with E-state index in [4.69, 9.17) is 12.2 Å². The van der Waals surface area contributed by atoms with Gasteiger partial charge in [-0.25, -0.2) is 4.79 Å². The fourth-order valence-electron chi connectivity index (χ4n) is 2.88. The van der Waals surface area contributed by atoms with Crippen LogP contribution in [0.5, 0.6) is 0 Å². The number of amides is 1. The molecule has 0 aromatic heterocycles. The second kappa shape index (κ2) is 16.0. The van der Waals surface area contributed by atoms with Gasteiger partial charge in [0.05, 0.1) is 18.5 Å². The maximum absolute atomic E-state index is 11.2. The molecule has 1 amide bonds. The van der Waals surface area contributed by atoms with Crippen molar-refractivity contribution in [3.05, 3.63) is 24.3 Å². The Morgan fingerprint density at radius 1 is 1.04 bits per heavy atom. The number of benzene rings is 1. The van der Waals surface area contributed by atoms with E-state index in [0.717, 1.165) is 24.2 Å². The van der Waals surface area contributed by atoms with E-state index in [1.165, 1.54) is 64.9 Å². The maximum Gasteiger partial charge on any atom is 0.413 e. The van der Waals surface area contributed by atoms with E-state index in [1.54, 1.807) is 0 Å². The Morgan fingerprint density at radius 2 is 1.64 bits per heavy atom. The summed E-state index contributed by atoms with van der Waals surface area (Å²) in [6, 6.07) is 7.61. The molecule has 0 radical (unpaired) electrons. The Morgan fingerprint density at radius 3 is 2.29 bits per heavy atom. The minimum atomic E-state index is -0.598. The van der Waals surface area contributed by atoms with Crippen LogP contribution in [0.2, 0.25) is 0 Å². The third kappa shape index (κ3) is 11.7. The molecule has 0 aliphatic heterocycles. The standard InChI is InChI=1S/C22H35N3O2S/c1-3-4-5-6-7-8-9-10-11-12-15-18-23-19-16-13-14-17-20(19)24-21(28)25-22(26)27-2/h13-14,16-18H,3-12,15H2,1-2H3,(H2,24,25,26,28)/b23-18+. The average Bonchev–Trinajstić information content (AvgIpc) is 2.69. The lowest BCUT2D eigenvalue weighted by molar-refractivity contribution is 0.177. The number of carbonyl (C=O) groups is 1. The average molecular weight is 406 g/mol. The number of carbonyl (C=O) groups excluding carboxylic acids is 1. The topological polar surface area (TPSA) is 62.7 Å². The Kier molecular flexibility index (Phi) is 13.8. The van der Waals surface area contributed by atoms with E-state index in [1.807, 2.05) is 30.5 Å². The largest absolute Gasteiger partial charge is 0.453 e. The molecule has 0 spiro atoms. The van der Waals surface area contributed by atoms with Gasteiger partial charge < -0.3 is 10.1 Å². The first-order chi connectivity index (χ1) is 13.7. The number of aliphatic imine (C=N–C) groups is 1. The van der Waals surface area contributed by atoms with Gasteiger partial charge in [-0.1, -0.05) is 76.8 Å². The molecule has 0 fully saturated rings. The van der Waals surface area contributed by atoms with Gasteiger partial charge in [0.25, 0.3) is 0 Å². The minimum absolute atomic E-state index is 0.184.